The molecule has 5 rings (SSSR count). The van der Waals surface area contributed by atoms with Gasteiger partial charge in [-0.2, -0.15) is 0 Å². The van der Waals surface area contributed by atoms with Crippen LogP contribution in [-0.4, -0.2) is 121 Å². The number of likely N-dealkylation sites (tertiary alicyclic amines) is 1. The highest BCUT2D eigenvalue weighted by molar-refractivity contribution is 5.96. The first-order valence-corrected chi connectivity index (χ1v) is 15.6. The fraction of sp³-hybridized carbons (Fsp3) is 0.581. The Hall–Kier alpha value is -4.57. The van der Waals surface area contributed by atoms with Gasteiger partial charge in [0.2, 0.25) is 11.8 Å². The summed E-state index contributed by atoms with van der Waals surface area (Å²) in [5.74, 6) is -1.38. The van der Waals surface area contributed by atoms with Crippen molar-refractivity contribution in [1.82, 2.24) is 20.4 Å². The maximum absolute atomic E-state index is 13.3. The van der Waals surface area contributed by atoms with Crippen LogP contribution in [0.4, 0.5) is 4.79 Å². The lowest BCUT2D eigenvalue weighted by Crippen LogP contribution is -2.74. The lowest BCUT2D eigenvalue weighted by molar-refractivity contribution is -0.163. The van der Waals surface area contributed by atoms with Crippen LogP contribution in [0.1, 0.15) is 43.2 Å². The van der Waals surface area contributed by atoms with Gasteiger partial charge in [0.15, 0.2) is 23.6 Å². The zero-order chi connectivity index (χ0) is 34.1. The van der Waals surface area contributed by atoms with Crippen molar-refractivity contribution in [2.24, 2.45) is 16.5 Å². The number of aliphatic imine (C=N–C) groups is 1. The van der Waals surface area contributed by atoms with Crippen LogP contribution < -0.4 is 31.6 Å². The second-order valence-corrected chi connectivity index (χ2v) is 12.5. The molecule has 1 saturated heterocycles. The van der Waals surface area contributed by atoms with E-state index in [0.29, 0.717) is 36.5 Å². The van der Waals surface area contributed by atoms with Gasteiger partial charge in [0.25, 0.3) is 0 Å². The largest absolute Gasteiger partial charge is 0.493 e. The van der Waals surface area contributed by atoms with Gasteiger partial charge in [-0.05, 0) is 57.0 Å². The summed E-state index contributed by atoms with van der Waals surface area (Å²) >= 11 is 0. The van der Waals surface area contributed by atoms with E-state index in [2.05, 4.69) is 20.5 Å². The van der Waals surface area contributed by atoms with Crippen molar-refractivity contribution < 1.29 is 43.6 Å². The second-order valence-electron chi connectivity index (χ2n) is 12.5. The molecule has 1 spiro atoms. The molecule has 1 unspecified atom stereocenters. The molecule has 1 fully saturated rings. The number of aliphatic carboxylic acids is 1. The predicted molar refractivity (Wildman–Crippen MR) is 168 cm³/mol. The summed E-state index contributed by atoms with van der Waals surface area (Å²) in [6.45, 7) is 1.03. The molecule has 16 heteroatoms. The summed E-state index contributed by atoms with van der Waals surface area (Å²) in [6, 6.07) is 2.72. The van der Waals surface area contributed by atoms with Gasteiger partial charge >= 0.3 is 12.1 Å². The zero-order valence-electron chi connectivity index (χ0n) is 26.8. The first kappa shape index (κ1) is 33.8. The lowest BCUT2D eigenvalue weighted by atomic mass is 9.50. The van der Waals surface area contributed by atoms with E-state index in [4.69, 9.17) is 30.8 Å². The van der Waals surface area contributed by atoms with Crippen molar-refractivity contribution in [3.05, 3.63) is 35.1 Å². The van der Waals surface area contributed by atoms with Gasteiger partial charge in [0.1, 0.15) is 18.2 Å². The SMILES string of the molecule is COc1ccc2c3c1O[C@H]1C(OC(=O)N(C)CCNC(=O)[C@H](CCCN=C(N)N)NC(=O)CC(=O)O)=CC[C@@]4(O)[C@@H](C2)N(C)CCC314. The molecule has 47 heavy (non-hydrogen) atoms. The first-order chi connectivity index (χ1) is 22.3. The normalized spacial score (nSPS) is 25.7. The Morgan fingerprint density at radius 1 is 1.28 bits per heavy atom. The van der Waals surface area contributed by atoms with Gasteiger partial charge < -0.3 is 56.3 Å². The summed E-state index contributed by atoms with van der Waals surface area (Å²) in [5, 5.41) is 26.3. The van der Waals surface area contributed by atoms with Crippen LogP contribution in [-0.2, 0) is 31.0 Å². The maximum Gasteiger partial charge on any atom is 0.414 e. The minimum Gasteiger partial charge on any atom is -0.493 e. The monoisotopic (exact) mass is 657 g/mol. The van der Waals surface area contributed by atoms with Gasteiger partial charge in [-0.1, -0.05) is 6.07 Å². The molecule has 8 N–H and O–H groups in total. The number of nitrogens with two attached hydrogens (primary N) is 2. The smallest absolute Gasteiger partial charge is 0.414 e. The molecule has 0 saturated carbocycles. The quantitative estimate of drug-likeness (QED) is 0.0661. The van der Waals surface area contributed by atoms with Gasteiger partial charge in [-0.3, -0.25) is 19.4 Å². The van der Waals surface area contributed by atoms with E-state index in [9.17, 15) is 24.3 Å². The van der Waals surface area contributed by atoms with Gasteiger partial charge in [-0.15, -0.1) is 0 Å². The summed E-state index contributed by atoms with van der Waals surface area (Å²) in [6.07, 6.45) is 1.56. The lowest BCUT2D eigenvalue weighted by Gasteiger charge is -2.61. The number of methoxy groups -OCH3 is 1. The molecule has 5 atom stereocenters. The number of guanidine groups is 1. The third-order valence-electron chi connectivity index (χ3n) is 9.73. The van der Waals surface area contributed by atoms with Crippen LogP contribution in [0.3, 0.4) is 0 Å². The molecular weight excluding hydrogens is 614 g/mol. The number of rotatable bonds is 13. The molecule has 0 aromatic heterocycles. The maximum atomic E-state index is 13.3. The molecule has 3 amide bonds. The van der Waals surface area contributed by atoms with Crippen LogP contribution in [0, 0.1) is 0 Å². The number of carboxylic acid groups (broad SMARTS) is 1. The van der Waals surface area contributed by atoms with Crippen LogP contribution >= 0.6 is 0 Å². The predicted octanol–water partition coefficient (Wildman–Crippen LogP) is -0.829. The van der Waals surface area contributed by atoms with E-state index in [1.54, 1.807) is 13.2 Å². The highest BCUT2D eigenvalue weighted by atomic mass is 16.6. The van der Waals surface area contributed by atoms with Crippen molar-refractivity contribution in [3.8, 4) is 11.5 Å². The fourth-order valence-electron chi connectivity index (χ4n) is 7.48. The standard InChI is InChI=1S/C31H43N7O9/c1-37-13-10-30-24-17-6-7-19(45-3)25(24)47-26(30)20(8-9-31(30,44)21(37)15-17)46-29(43)38(2)14-12-34-27(42)18(5-4-11-35-28(32)33)36-22(39)16-23(40)41/h6-8,18,21,26,44H,4-5,9-16H2,1-3H3,(H,34,42)(H,36,39)(H,40,41)(H4,32,33,35)/t18-,21+,26-,30?,31+/m0/s1. The zero-order valence-corrected chi connectivity index (χ0v) is 26.8. The third-order valence-corrected chi connectivity index (χ3v) is 9.73. The van der Waals surface area contributed by atoms with E-state index >= 15 is 0 Å². The fourth-order valence-corrected chi connectivity index (χ4v) is 7.48. The molecule has 16 nitrogen and oxygen atoms in total. The molecule has 2 bridgehead atoms. The summed E-state index contributed by atoms with van der Waals surface area (Å²) in [7, 11) is 5.10. The molecule has 1 aromatic rings. The topological polar surface area (TPSA) is 231 Å². The van der Waals surface area contributed by atoms with E-state index in [0.717, 1.165) is 17.7 Å². The van der Waals surface area contributed by atoms with E-state index in [1.807, 2.05) is 19.2 Å². The Labute approximate surface area is 272 Å². The van der Waals surface area contributed by atoms with Crippen molar-refractivity contribution in [1.29, 1.82) is 0 Å². The summed E-state index contributed by atoms with van der Waals surface area (Å²) < 4.78 is 18.1. The van der Waals surface area contributed by atoms with E-state index in [-0.39, 0.29) is 44.5 Å². The molecular formula is C31H43N7O9. The van der Waals surface area contributed by atoms with E-state index in [1.165, 1.54) is 11.9 Å². The van der Waals surface area contributed by atoms with Crippen LogP contribution in [0.2, 0.25) is 0 Å². The number of hydrogen-bond donors (Lipinski definition) is 6. The molecule has 2 aliphatic heterocycles. The van der Waals surface area contributed by atoms with Crippen LogP contribution in [0.15, 0.2) is 29.0 Å². The number of piperidine rings is 1. The Morgan fingerprint density at radius 2 is 2.04 bits per heavy atom. The molecule has 2 heterocycles. The highest BCUT2D eigenvalue weighted by Crippen LogP contribution is 2.65. The number of ether oxygens (including phenoxy) is 3. The van der Waals surface area contributed by atoms with Crippen LogP contribution in [0.25, 0.3) is 0 Å². The average Bonchev–Trinajstić information content (AvgIpc) is 3.37. The number of hydrogen-bond acceptors (Lipinski definition) is 10. The number of nitrogens with zero attached hydrogens (tertiary/aromatic N) is 3. The third kappa shape index (κ3) is 6.14. The van der Waals surface area contributed by atoms with Gasteiger partial charge in [0.05, 0.1) is 18.1 Å². The van der Waals surface area contributed by atoms with Crippen LogP contribution in [0.5, 0.6) is 11.5 Å². The Balaban J connectivity index is 1.23. The Kier molecular flexibility index (Phi) is 9.54. The number of likely N-dealkylation sites (N-methyl/N-ethyl adjacent to an activating group) is 2. The van der Waals surface area contributed by atoms with Crippen molar-refractivity contribution in [2.75, 3.05) is 47.4 Å². The number of carbonyl (C=O) groups excluding carboxylic acids is 3. The van der Waals surface area contributed by atoms with E-state index < -0.39 is 53.5 Å². The Morgan fingerprint density at radius 3 is 2.74 bits per heavy atom. The highest BCUT2D eigenvalue weighted by Gasteiger charge is 2.72. The minimum atomic E-state index is -1.33. The molecule has 4 aliphatic rings. The number of aliphatic hydroxyl groups is 1. The van der Waals surface area contributed by atoms with Crippen molar-refractivity contribution >= 4 is 29.8 Å². The second kappa shape index (κ2) is 13.3. The molecule has 1 aromatic carbocycles. The number of benzene rings is 1. The summed E-state index contributed by atoms with van der Waals surface area (Å²) in [4.78, 5) is 56.5. The first-order valence-electron chi connectivity index (χ1n) is 15.6. The van der Waals surface area contributed by atoms with Gasteiger partial charge in [-0.25, -0.2) is 4.79 Å². The van der Waals surface area contributed by atoms with Gasteiger partial charge in [0, 0.05) is 44.7 Å². The number of carbonyl (C=O) groups is 4. The summed E-state index contributed by atoms with van der Waals surface area (Å²) in [5.41, 5.74) is 10.7. The molecule has 256 valence electrons. The van der Waals surface area contributed by atoms with Crippen molar-refractivity contribution in [3.63, 3.8) is 0 Å². The Bertz CT molecular complexity index is 1500. The number of amides is 3. The average molecular weight is 658 g/mol. The molecule has 0 radical (unpaired) electrons. The number of nitrogens with one attached hydrogen (secondary N) is 2. The number of carboxylic acids is 1. The molecule has 2 aliphatic carbocycles. The minimum absolute atomic E-state index is 0.0202. The van der Waals surface area contributed by atoms with Crippen molar-refractivity contribution in [2.45, 2.75) is 67.7 Å².